The van der Waals surface area contributed by atoms with Crippen molar-refractivity contribution in [3.05, 3.63) is 59.5 Å². The van der Waals surface area contributed by atoms with Gasteiger partial charge in [0, 0.05) is 18.5 Å². The number of furan rings is 1. The van der Waals surface area contributed by atoms with E-state index >= 15 is 0 Å². The highest BCUT2D eigenvalue weighted by atomic mass is 16.3. The Balaban J connectivity index is 1.65. The van der Waals surface area contributed by atoms with Crippen molar-refractivity contribution in [3.8, 4) is 0 Å². The Kier molecular flexibility index (Phi) is 4.60. The summed E-state index contributed by atoms with van der Waals surface area (Å²) in [6, 6.07) is 10.1. The second-order valence-corrected chi connectivity index (χ2v) is 5.38. The molecule has 1 aliphatic heterocycles. The average Bonchev–Trinajstić information content (AvgIpc) is 3.20. The Bertz CT molecular complexity index is 739. The quantitative estimate of drug-likeness (QED) is 0.783. The van der Waals surface area contributed by atoms with Crippen LogP contribution >= 0.6 is 0 Å². The van der Waals surface area contributed by atoms with E-state index in [0.717, 1.165) is 10.7 Å². The molecule has 1 aromatic heterocycles. The SMILES string of the molecule is O=C(NCCc1ccco1)c1ccccc1CN1C(=O)CNC1=O. The van der Waals surface area contributed by atoms with Gasteiger partial charge in [0.2, 0.25) is 5.91 Å². The summed E-state index contributed by atoms with van der Waals surface area (Å²) < 4.78 is 5.22. The standard InChI is InChI=1S/C17H17N3O4/c21-15-10-19-17(23)20(15)11-12-4-1-2-6-14(12)16(22)18-8-7-13-5-3-9-24-13/h1-6,9H,7-8,10-11H2,(H,18,22)(H,19,23). The molecular weight excluding hydrogens is 310 g/mol. The van der Waals surface area contributed by atoms with Crippen LogP contribution in [0.4, 0.5) is 4.79 Å². The molecule has 3 rings (SSSR count). The Morgan fingerprint density at radius 3 is 2.75 bits per heavy atom. The van der Waals surface area contributed by atoms with Gasteiger partial charge in [0.15, 0.2) is 0 Å². The largest absolute Gasteiger partial charge is 0.469 e. The monoisotopic (exact) mass is 327 g/mol. The highest BCUT2D eigenvalue weighted by Gasteiger charge is 2.29. The molecule has 0 spiro atoms. The first kappa shape index (κ1) is 15.8. The summed E-state index contributed by atoms with van der Waals surface area (Å²) in [5, 5.41) is 5.29. The molecular formula is C17H17N3O4. The second-order valence-electron chi connectivity index (χ2n) is 5.38. The zero-order valence-corrected chi connectivity index (χ0v) is 13.0. The van der Waals surface area contributed by atoms with Crippen LogP contribution < -0.4 is 10.6 Å². The number of nitrogens with zero attached hydrogens (tertiary/aromatic N) is 1. The Hall–Kier alpha value is -3.09. The molecule has 0 aliphatic carbocycles. The van der Waals surface area contributed by atoms with Gasteiger partial charge in [0.25, 0.3) is 5.91 Å². The number of carbonyl (C=O) groups is 3. The van der Waals surface area contributed by atoms with Crippen LogP contribution in [0.2, 0.25) is 0 Å². The normalized spacial score (nSPS) is 13.9. The van der Waals surface area contributed by atoms with Gasteiger partial charge < -0.3 is 15.1 Å². The molecule has 1 saturated heterocycles. The first-order chi connectivity index (χ1) is 11.6. The van der Waals surface area contributed by atoms with E-state index in [0.29, 0.717) is 24.1 Å². The van der Waals surface area contributed by atoms with Crippen LogP contribution in [0.5, 0.6) is 0 Å². The molecule has 124 valence electrons. The fourth-order valence-electron chi connectivity index (χ4n) is 2.51. The van der Waals surface area contributed by atoms with Crippen LogP contribution in [0.15, 0.2) is 47.1 Å². The molecule has 2 aromatic rings. The first-order valence-electron chi connectivity index (χ1n) is 7.62. The molecule has 2 N–H and O–H groups in total. The lowest BCUT2D eigenvalue weighted by Crippen LogP contribution is -2.32. The second kappa shape index (κ2) is 6.99. The molecule has 24 heavy (non-hydrogen) atoms. The summed E-state index contributed by atoms with van der Waals surface area (Å²) in [5.74, 6) is 0.250. The molecule has 7 nitrogen and oxygen atoms in total. The number of hydrogen-bond acceptors (Lipinski definition) is 4. The molecule has 0 atom stereocenters. The van der Waals surface area contributed by atoms with Gasteiger partial charge in [0.05, 0.1) is 19.4 Å². The summed E-state index contributed by atoms with van der Waals surface area (Å²) in [6.45, 7) is 0.507. The molecule has 0 unspecified atom stereocenters. The maximum Gasteiger partial charge on any atom is 0.324 e. The lowest BCUT2D eigenvalue weighted by atomic mass is 10.1. The molecule has 1 aliphatic rings. The predicted octanol–water partition coefficient (Wildman–Crippen LogP) is 1.30. The maximum absolute atomic E-state index is 12.4. The van der Waals surface area contributed by atoms with E-state index in [1.165, 1.54) is 0 Å². The van der Waals surface area contributed by atoms with E-state index in [1.54, 1.807) is 36.6 Å². The number of nitrogens with one attached hydrogen (secondary N) is 2. The number of urea groups is 1. The number of amides is 4. The Morgan fingerprint density at radius 2 is 2.04 bits per heavy atom. The lowest BCUT2D eigenvalue weighted by Gasteiger charge is -2.15. The van der Waals surface area contributed by atoms with Crippen LogP contribution in [0.3, 0.4) is 0 Å². The summed E-state index contributed by atoms with van der Waals surface area (Å²) >= 11 is 0. The van der Waals surface area contributed by atoms with Crippen LogP contribution in [0.1, 0.15) is 21.7 Å². The Morgan fingerprint density at radius 1 is 1.21 bits per heavy atom. The zero-order valence-electron chi connectivity index (χ0n) is 13.0. The van der Waals surface area contributed by atoms with E-state index in [1.807, 2.05) is 6.07 Å². The van der Waals surface area contributed by atoms with E-state index in [-0.39, 0.29) is 24.9 Å². The molecule has 1 aromatic carbocycles. The van der Waals surface area contributed by atoms with Gasteiger partial charge in [-0.15, -0.1) is 0 Å². The van der Waals surface area contributed by atoms with Crippen molar-refractivity contribution in [3.63, 3.8) is 0 Å². The van der Waals surface area contributed by atoms with Gasteiger partial charge in [0.1, 0.15) is 5.76 Å². The number of rotatable bonds is 6. The molecule has 4 amide bonds. The maximum atomic E-state index is 12.4. The smallest absolute Gasteiger partial charge is 0.324 e. The number of hydrogen-bond donors (Lipinski definition) is 2. The van der Waals surface area contributed by atoms with E-state index in [9.17, 15) is 14.4 Å². The van der Waals surface area contributed by atoms with Crippen molar-refractivity contribution in [1.29, 1.82) is 0 Å². The van der Waals surface area contributed by atoms with Crippen molar-refractivity contribution in [2.75, 3.05) is 13.1 Å². The topological polar surface area (TPSA) is 91.7 Å². The van der Waals surface area contributed by atoms with Gasteiger partial charge in [-0.2, -0.15) is 0 Å². The summed E-state index contributed by atoms with van der Waals surface area (Å²) in [6.07, 6.45) is 2.18. The van der Waals surface area contributed by atoms with Crippen LogP contribution in [-0.2, 0) is 17.8 Å². The molecule has 0 radical (unpaired) electrons. The minimum absolute atomic E-state index is 0.00363. The van der Waals surface area contributed by atoms with Crippen molar-refractivity contribution in [2.45, 2.75) is 13.0 Å². The third-order valence-electron chi connectivity index (χ3n) is 3.76. The number of imide groups is 1. The van der Waals surface area contributed by atoms with E-state index < -0.39 is 6.03 Å². The third-order valence-corrected chi connectivity index (χ3v) is 3.76. The highest BCUT2D eigenvalue weighted by molar-refractivity contribution is 6.02. The number of carbonyl (C=O) groups excluding carboxylic acids is 3. The van der Waals surface area contributed by atoms with Crippen LogP contribution in [0, 0.1) is 0 Å². The van der Waals surface area contributed by atoms with E-state index in [4.69, 9.17) is 4.42 Å². The third kappa shape index (κ3) is 3.45. The zero-order chi connectivity index (χ0) is 16.9. The summed E-state index contributed by atoms with van der Waals surface area (Å²) in [7, 11) is 0. The van der Waals surface area contributed by atoms with Crippen LogP contribution in [-0.4, -0.2) is 35.8 Å². The molecule has 7 heteroatoms. The fourth-order valence-corrected chi connectivity index (χ4v) is 2.51. The highest BCUT2D eigenvalue weighted by Crippen LogP contribution is 2.14. The predicted molar refractivity (Wildman–Crippen MR) is 85.1 cm³/mol. The van der Waals surface area contributed by atoms with E-state index in [2.05, 4.69) is 10.6 Å². The van der Waals surface area contributed by atoms with Crippen molar-refractivity contribution >= 4 is 17.8 Å². The molecule has 0 bridgehead atoms. The molecule has 0 saturated carbocycles. The molecule has 1 fully saturated rings. The summed E-state index contributed by atoms with van der Waals surface area (Å²) in [5.41, 5.74) is 1.07. The number of benzene rings is 1. The van der Waals surface area contributed by atoms with Crippen molar-refractivity contribution in [2.24, 2.45) is 0 Å². The molecule has 2 heterocycles. The minimum Gasteiger partial charge on any atom is -0.469 e. The van der Waals surface area contributed by atoms with Gasteiger partial charge in [-0.25, -0.2) is 4.79 Å². The van der Waals surface area contributed by atoms with Crippen molar-refractivity contribution in [1.82, 2.24) is 15.5 Å². The van der Waals surface area contributed by atoms with Crippen molar-refractivity contribution < 1.29 is 18.8 Å². The van der Waals surface area contributed by atoms with Crippen LogP contribution in [0.25, 0.3) is 0 Å². The Labute approximate surface area is 138 Å². The average molecular weight is 327 g/mol. The van der Waals surface area contributed by atoms with Gasteiger partial charge in [-0.1, -0.05) is 18.2 Å². The van der Waals surface area contributed by atoms with Gasteiger partial charge in [-0.05, 0) is 23.8 Å². The fraction of sp³-hybridized carbons (Fsp3) is 0.235. The minimum atomic E-state index is -0.437. The van der Waals surface area contributed by atoms with Gasteiger partial charge >= 0.3 is 6.03 Å². The first-order valence-corrected chi connectivity index (χ1v) is 7.62. The lowest BCUT2D eigenvalue weighted by molar-refractivity contribution is -0.125. The summed E-state index contributed by atoms with van der Waals surface area (Å²) in [4.78, 5) is 36.9. The van der Waals surface area contributed by atoms with Gasteiger partial charge in [-0.3, -0.25) is 14.5 Å².